The van der Waals surface area contributed by atoms with Crippen LogP contribution in [0.3, 0.4) is 0 Å². The Hall–Kier alpha value is -2.63. The van der Waals surface area contributed by atoms with Crippen molar-refractivity contribution in [3.63, 3.8) is 0 Å². The molecule has 3 aromatic carbocycles. The van der Waals surface area contributed by atoms with Gasteiger partial charge in [-0.25, -0.2) is 4.98 Å². The van der Waals surface area contributed by atoms with Crippen LogP contribution < -0.4 is 0 Å². The van der Waals surface area contributed by atoms with Gasteiger partial charge in [0, 0.05) is 22.4 Å². The lowest BCUT2D eigenvalue weighted by molar-refractivity contribution is 0.470. The highest BCUT2D eigenvalue weighted by atomic mass is 79.9. The number of phenolic OH excluding ortho intramolecular Hbond substituents is 1. The van der Waals surface area contributed by atoms with Crippen LogP contribution >= 0.6 is 27.5 Å². The zero-order chi connectivity index (χ0) is 20.7. The molecular formula is C23H18BrClN2O2. The van der Waals surface area contributed by atoms with E-state index in [1.54, 1.807) is 6.21 Å². The van der Waals surface area contributed by atoms with E-state index in [-0.39, 0.29) is 5.75 Å². The minimum Gasteiger partial charge on any atom is -0.506 e. The number of aryl methyl sites for hydroxylation is 1. The molecule has 1 heterocycles. The van der Waals surface area contributed by atoms with Crippen molar-refractivity contribution in [2.75, 3.05) is 0 Å². The Bertz CT molecular complexity index is 1230. The van der Waals surface area contributed by atoms with Crippen LogP contribution in [0.1, 0.15) is 22.3 Å². The second-order valence-electron chi connectivity index (χ2n) is 6.94. The molecule has 0 unspecified atom stereocenters. The maximum Gasteiger partial charge on any atom is 0.227 e. The first-order chi connectivity index (χ1) is 13.8. The number of aliphatic imine (C=N–C) groups is 1. The van der Waals surface area contributed by atoms with Gasteiger partial charge < -0.3 is 9.52 Å². The Balaban J connectivity index is 1.63. The van der Waals surface area contributed by atoms with Crippen molar-refractivity contribution >= 4 is 50.5 Å². The van der Waals surface area contributed by atoms with E-state index in [1.807, 2.05) is 63.2 Å². The molecule has 1 aromatic heterocycles. The van der Waals surface area contributed by atoms with Gasteiger partial charge in [-0.05, 0) is 89.8 Å². The SMILES string of the molecule is Cc1ccc2nc(-c3ccc(N=Cc4c(C)c(Cl)c(C)c(Br)c4O)cc3)oc2c1. The first-order valence-corrected chi connectivity index (χ1v) is 10.2. The van der Waals surface area contributed by atoms with Gasteiger partial charge in [0.25, 0.3) is 0 Å². The molecule has 0 atom stereocenters. The lowest BCUT2D eigenvalue weighted by Gasteiger charge is -2.11. The van der Waals surface area contributed by atoms with E-state index in [0.717, 1.165) is 39.0 Å². The highest BCUT2D eigenvalue weighted by molar-refractivity contribution is 9.10. The summed E-state index contributed by atoms with van der Waals surface area (Å²) in [6, 6.07) is 13.5. The zero-order valence-corrected chi connectivity index (χ0v) is 18.5. The molecule has 0 saturated carbocycles. The van der Waals surface area contributed by atoms with E-state index in [2.05, 4.69) is 25.9 Å². The molecule has 0 radical (unpaired) electrons. The standard InChI is InChI=1S/C23H18BrClN2O2/c1-12-4-9-18-19(10-12)29-23(27-18)15-5-7-16(8-6-15)26-11-17-13(2)21(25)14(3)20(24)22(17)28/h4-11,28H,1-3H3. The summed E-state index contributed by atoms with van der Waals surface area (Å²) >= 11 is 9.74. The van der Waals surface area contributed by atoms with Crippen LogP contribution in [-0.4, -0.2) is 16.3 Å². The molecule has 0 fully saturated rings. The summed E-state index contributed by atoms with van der Waals surface area (Å²) in [7, 11) is 0. The summed E-state index contributed by atoms with van der Waals surface area (Å²) in [5.74, 6) is 0.704. The smallest absolute Gasteiger partial charge is 0.227 e. The zero-order valence-electron chi connectivity index (χ0n) is 16.1. The molecular weight excluding hydrogens is 452 g/mol. The number of benzene rings is 3. The fourth-order valence-electron chi connectivity index (χ4n) is 3.11. The van der Waals surface area contributed by atoms with Gasteiger partial charge >= 0.3 is 0 Å². The number of hydrogen-bond acceptors (Lipinski definition) is 4. The molecule has 0 aliphatic carbocycles. The Kier molecular flexibility index (Phi) is 5.19. The lowest BCUT2D eigenvalue weighted by Crippen LogP contribution is -1.94. The van der Waals surface area contributed by atoms with E-state index >= 15 is 0 Å². The number of halogens is 2. The molecule has 1 N–H and O–H groups in total. The van der Waals surface area contributed by atoms with Crippen LogP contribution in [0, 0.1) is 20.8 Å². The molecule has 0 aliphatic rings. The Morgan fingerprint density at radius 1 is 1.07 bits per heavy atom. The monoisotopic (exact) mass is 468 g/mol. The molecule has 146 valence electrons. The lowest BCUT2D eigenvalue weighted by atomic mass is 10.0. The van der Waals surface area contributed by atoms with Gasteiger partial charge in [0.1, 0.15) is 11.3 Å². The van der Waals surface area contributed by atoms with Crippen molar-refractivity contribution in [1.82, 2.24) is 4.98 Å². The number of aromatic nitrogens is 1. The summed E-state index contributed by atoms with van der Waals surface area (Å²) in [6.45, 7) is 5.74. The second kappa shape index (κ2) is 7.65. The number of nitrogens with zero attached hydrogens (tertiary/aromatic N) is 2. The molecule has 0 saturated heterocycles. The molecule has 4 aromatic rings. The number of hydrogen-bond donors (Lipinski definition) is 1. The normalized spacial score (nSPS) is 11.6. The topological polar surface area (TPSA) is 58.6 Å². The Morgan fingerprint density at radius 2 is 1.79 bits per heavy atom. The van der Waals surface area contributed by atoms with Crippen molar-refractivity contribution in [1.29, 1.82) is 0 Å². The number of fused-ring (bicyclic) bond motifs is 1. The van der Waals surface area contributed by atoms with Crippen molar-refractivity contribution in [2.24, 2.45) is 4.99 Å². The highest BCUT2D eigenvalue weighted by Crippen LogP contribution is 2.38. The number of rotatable bonds is 3. The third-order valence-corrected chi connectivity index (χ3v) is 6.39. The first kappa shape index (κ1) is 19.7. The summed E-state index contributed by atoms with van der Waals surface area (Å²) in [5, 5.41) is 11.0. The van der Waals surface area contributed by atoms with E-state index < -0.39 is 0 Å². The van der Waals surface area contributed by atoms with Gasteiger partial charge in [-0.15, -0.1) is 0 Å². The summed E-state index contributed by atoms with van der Waals surface area (Å²) in [5.41, 5.74) is 6.53. The number of phenols is 1. The van der Waals surface area contributed by atoms with Crippen LogP contribution in [0.15, 0.2) is 56.3 Å². The van der Waals surface area contributed by atoms with E-state index in [4.69, 9.17) is 16.0 Å². The number of aromatic hydroxyl groups is 1. The van der Waals surface area contributed by atoms with Crippen molar-refractivity contribution in [3.05, 3.63) is 74.2 Å². The highest BCUT2D eigenvalue weighted by Gasteiger charge is 2.15. The van der Waals surface area contributed by atoms with Crippen LogP contribution in [0.5, 0.6) is 5.75 Å². The maximum absolute atomic E-state index is 10.4. The largest absolute Gasteiger partial charge is 0.506 e. The molecule has 0 aliphatic heterocycles. The molecule has 0 spiro atoms. The van der Waals surface area contributed by atoms with E-state index in [9.17, 15) is 5.11 Å². The Morgan fingerprint density at radius 3 is 2.52 bits per heavy atom. The van der Waals surface area contributed by atoms with Crippen LogP contribution in [0.4, 0.5) is 5.69 Å². The minimum atomic E-state index is 0.131. The summed E-state index contributed by atoms with van der Waals surface area (Å²) < 4.78 is 6.45. The molecule has 0 bridgehead atoms. The van der Waals surface area contributed by atoms with Crippen LogP contribution in [-0.2, 0) is 0 Å². The quantitative estimate of drug-likeness (QED) is 0.320. The molecule has 6 heteroatoms. The fourth-order valence-corrected chi connectivity index (χ4v) is 3.83. The third-order valence-electron chi connectivity index (χ3n) is 4.86. The van der Waals surface area contributed by atoms with E-state index in [0.29, 0.717) is 20.9 Å². The third kappa shape index (κ3) is 3.68. The maximum atomic E-state index is 10.4. The van der Waals surface area contributed by atoms with Crippen molar-refractivity contribution < 1.29 is 9.52 Å². The number of oxazole rings is 1. The van der Waals surface area contributed by atoms with Gasteiger partial charge in [0.2, 0.25) is 5.89 Å². The van der Waals surface area contributed by atoms with Gasteiger partial charge in [0.05, 0.1) is 10.2 Å². The van der Waals surface area contributed by atoms with Crippen LogP contribution in [0.25, 0.3) is 22.6 Å². The van der Waals surface area contributed by atoms with Gasteiger partial charge in [0.15, 0.2) is 5.58 Å². The van der Waals surface area contributed by atoms with Crippen molar-refractivity contribution in [3.8, 4) is 17.2 Å². The first-order valence-electron chi connectivity index (χ1n) is 9.04. The summed E-state index contributed by atoms with van der Waals surface area (Å²) in [6.07, 6.45) is 1.62. The van der Waals surface area contributed by atoms with Crippen LogP contribution in [0.2, 0.25) is 5.02 Å². The van der Waals surface area contributed by atoms with Gasteiger partial charge in [-0.1, -0.05) is 17.7 Å². The predicted octanol–water partition coefficient (Wildman–Crippen LogP) is 7.29. The van der Waals surface area contributed by atoms with E-state index in [1.165, 1.54) is 0 Å². The van der Waals surface area contributed by atoms with Gasteiger partial charge in [-0.3, -0.25) is 4.99 Å². The molecule has 0 amide bonds. The molecule has 29 heavy (non-hydrogen) atoms. The summed E-state index contributed by atoms with van der Waals surface area (Å²) in [4.78, 5) is 9.02. The molecule has 4 nitrogen and oxygen atoms in total. The fraction of sp³-hybridized carbons (Fsp3) is 0.130. The second-order valence-corrected chi connectivity index (χ2v) is 8.11. The average molecular weight is 470 g/mol. The predicted molar refractivity (Wildman–Crippen MR) is 122 cm³/mol. The van der Waals surface area contributed by atoms with Gasteiger partial charge in [-0.2, -0.15) is 0 Å². The molecule has 4 rings (SSSR count). The Labute approximate surface area is 182 Å². The average Bonchev–Trinajstić information content (AvgIpc) is 3.14. The minimum absolute atomic E-state index is 0.131. The van der Waals surface area contributed by atoms with Crippen molar-refractivity contribution in [2.45, 2.75) is 20.8 Å².